The van der Waals surface area contributed by atoms with Crippen molar-refractivity contribution in [2.75, 3.05) is 0 Å². The molecule has 0 radical (unpaired) electrons. The van der Waals surface area contributed by atoms with Crippen LogP contribution in [0.1, 0.15) is 88.3 Å². The first-order chi connectivity index (χ1) is 16.4. The molecule has 2 amide bonds. The minimum atomic E-state index is -0.506. The molecule has 34 heavy (non-hydrogen) atoms. The molecule has 1 saturated carbocycles. The summed E-state index contributed by atoms with van der Waals surface area (Å²) in [6, 6.07) is 15.8. The second-order valence-corrected chi connectivity index (χ2v) is 10.2. The lowest BCUT2D eigenvalue weighted by Gasteiger charge is -2.33. The maximum absolute atomic E-state index is 13.5. The third-order valence-corrected chi connectivity index (χ3v) is 7.28. The molecule has 0 spiro atoms. The number of nitrogens with zero attached hydrogens (tertiary/aromatic N) is 1. The first kappa shape index (κ1) is 26.3. The molecule has 184 valence electrons. The highest BCUT2D eigenvalue weighted by Crippen LogP contribution is 2.23. The van der Waals surface area contributed by atoms with Crippen LogP contribution in [0.3, 0.4) is 0 Å². The number of carbonyl (C=O) groups excluding carboxylic acids is 2. The molecule has 0 aromatic heterocycles. The van der Waals surface area contributed by atoms with Crippen molar-refractivity contribution in [3.63, 3.8) is 0 Å². The van der Waals surface area contributed by atoms with Crippen molar-refractivity contribution < 1.29 is 9.59 Å². The largest absolute Gasteiger partial charge is 0.352 e. The zero-order chi connectivity index (χ0) is 24.5. The molecule has 2 aromatic carbocycles. The third kappa shape index (κ3) is 7.33. The van der Waals surface area contributed by atoms with Crippen molar-refractivity contribution in [1.82, 2.24) is 10.2 Å². The summed E-state index contributed by atoms with van der Waals surface area (Å²) in [4.78, 5) is 28.5. The summed E-state index contributed by atoms with van der Waals surface area (Å²) in [6.45, 7) is 6.66. The molecule has 2 aromatic rings. The van der Waals surface area contributed by atoms with Crippen molar-refractivity contribution >= 4 is 23.4 Å². The topological polar surface area (TPSA) is 49.4 Å². The van der Waals surface area contributed by atoms with Crippen LogP contribution < -0.4 is 5.32 Å². The lowest BCUT2D eigenvalue weighted by Crippen LogP contribution is -2.51. The second-order valence-electron chi connectivity index (χ2n) is 9.78. The Morgan fingerprint density at radius 3 is 2.32 bits per heavy atom. The lowest BCUT2D eigenvalue weighted by atomic mass is 9.95. The maximum atomic E-state index is 13.5. The van der Waals surface area contributed by atoms with Gasteiger partial charge in [-0.15, -0.1) is 0 Å². The van der Waals surface area contributed by atoms with Gasteiger partial charge in [-0.05, 0) is 54.4 Å². The van der Waals surface area contributed by atoms with Crippen molar-refractivity contribution in [2.24, 2.45) is 0 Å². The SMILES string of the molecule is CCC(C(=O)NC1CCCCC1)N(Cc1ccccc1Cl)C(=O)CCc1ccc(C(C)C)cc1. The summed E-state index contributed by atoms with van der Waals surface area (Å²) in [5.74, 6) is 0.421. The normalized spacial score (nSPS) is 15.2. The number of carbonyl (C=O) groups is 2. The fourth-order valence-corrected chi connectivity index (χ4v) is 4.93. The standard InChI is InChI=1S/C29H39ClN2O2/c1-4-27(29(34)31-25-11-6-5-7-12-25)32(20-24-10-8-9-13-26(24)30)28(33)19-16-22-14-17-23(18-15-22)21(2)3/h8-10,13-15,17-18,21,25,27H,4-7,11-12,16,19-20H2,1-3H3,(H,31,34). The van der Waals surface area contributed by atoms with Crippen molar-refractivity contribution in [3.05, 3.63) is 70.2 Å². The summed E-state index contributed by atoms with van der Waals surface area (Å²) < 4.78 is 0. The zero-order valence-corrected chi connectivity index (χ0v) is 21.6. The van der Waals surface area contributed by atoms with E-state index in [2.05, 4.69) is 43.4 Å². The van der Waals surface area contributed by atoms with Crippen LogP contribution in [-0.2, 0) is 22.6 Å². The van der Waals surface area contributed by atoms with Crippen molar-refractivity contribution in [1.29, 1.82) is 0 Å². The van der Waals surface area contributed by atoms with E-state index in [1.54, 1.807) is 4.90 Å². The van der Waals surface area contributed by atoms with Gasteiger partial charge in [-0.3, -0.25) is 9.59 Å². The van der Waals surface area contributed by atoms with E-state index in [0.717, 1.165) is 36.8 Å². The number of aryl methyl sites for hydroxylation is 1. The molecule has 0 bridgehead atoms. The van der Waals surface area contributed by atoms with Crippen LogP contribution in [0.25, 0.3) is 0 Å². The number of halogens is 1. The second kappa shape index (κ2) is 12.9. The molecule has 4 nitrogen and oxygen atoms in total. The van der Waals surface area contributed by atoms with Gasteiger partial charge in [-0.2, -0.15) is 0 Å². The molecule has 0 aliphatic heterocycles. The summed E-state index contributed by atoms with van der Waals surface area (Å²) in [5, 5.41) is 3.85. The maximum Gasteiger partial charge on any atom is 0.243 e. The van der Waals surface area contributed by atoms with E-state index in [4.69, 9.17) is 11.6 Å². The molecule has 1 fully saturated rings. The van der Waals surface area contributed by atoms with Crippen LogP contribution in [0.15, 0.2) is 48.5 Å². The molecule has 3 rings (SSSR count). The minimum Gasteiger partial charge on any atom is -0.352 e. The van der Waals surface area contributed by atoms with E-state index in [1.807, 2.05) is 31.2 Å². The predicted molar refractivity (Wildman–Crippen MR) is 140 cm³/mol. The fourth-order valence-electron chi connectivity index (χ4n) is 4.74. The van der Waals surface area contributed by atoms with E-state index in [1.165, 1.54) is 12.0 Å². The van der Waals surface area contributed by atoms with E-state index in [9.17, 15) is 9.59 Å². The lowest BCUT2D eigenvalue weighted by molar-refractivity contribution is -0.141. The van der Waals surface area contributed by atoms with E-state index >= 15 is 0 Å². The summed E-state index contributed by atoms with van der Waals surface area (Å²) in [5.41, 5.74) is 3.29. The van der Waals surface area contributed by atoms with Crippen molar-refractivity contribution in [2.45, 2.75) is 96.7 Å². The molecular weight excluding hydrogens is 444 g/mol. The van der Waals surface area contributed by atoms with E-state index < -0.39 is 6.04 Å². The van der Waals surface area contributed by atoms with Gasteiger partial charge in [-0.25, -0.2) is 0 Å². The first-order valence-electron chi connectivity index (χ1n) is 12.8. The molecule has 1 N–H and O–H groups in total. The Morgan fingerprint density at radius 2 is 1.71 bits per heavy atom. The Kier molecular flexibility index (Phi) is 10.0. The summed E-state index contributed by atoms with van der Waals surface area (Å²) in [7, 11) is 0. The average molecular weight is 483 g/mol. The number of benzene rings is 2. The number of rotatable bonds is 10. The average Bonchev–Trinajstić information content (AvgIpc) is 2.84. The van der Waals surface area contributed by atoms with Gasteiger partial charge in [0, 0.05) is 24.0 Å². The van der Waals surface area contributed by atoms with Gasteiger partial charge >= 0.3 is 0 Å². The zero-order valence-electron chi connectivity index (χ0n) is 20.9. The fraction of sp³-hybridized carbons (Fsp3) is 0.517. The van der Waals surface area contributed by atoms with Crippen LogP contribution in [0.2, 0.25) is 5.02 Å². The van der Waals surface area contributed by atoms with Crippen LogP contribution in [0.4, 0.5) is 0 Å². The van der Waals surface area contributed by atoms with Crippen LogP contribution in [0.5, 0.6) is 0 Å². The molecule has 1 unspecified atom stereocenters. The van der Waals surface area contributed by atoms with Crippen LogP contribution in [0, 0.1) is 0 Å². The Labute approximate surface area is 210 Å². The third-order valence-electron chi connectivity index (χ3n) is 6.91. The van der Waals surface area contributed by atoms with Gasteiger partial charge in [0.2, 0.25) is 11.8 Å². The number of nitrogens with one attached hydrogen (secondary N) is 1. The van der Waals surface area contributed by atoms with E-state index in [0.29, 0.717) is 36.7 Å². The Balaban J connectivity index is 1.74. The molecule has 0 heterocycles. The monoisotopic (exact) mass is 482 g/mol. The van der Waals surface area contributed by atoms with Crippen molar-refractivity contribution in [3.8, 4) is 0 Å². The number of amides is 2. The quantitative estimate of drug-likeness (QED) is 0.412. The van der Waals surface area contributed by atoms with E-state index in [-0.39, 0.29) is 17.9 Å². The van der Waals surface area contributed by atoms with Gasteiger partial charge in [0.15, 0.2) is 0 Å². The molecule has 1 aliphatic carbocycles. The minimum absolute atomic E-state index is 0.0153. The van der Waals surface area contributed by atoms with Gasteiger partial charge in [0.25, 0.3) is 0 Å². The Morgan fingerprint density at radius 1 is 1.03 bits per heavy atom. The highest BCUT2D eigenvalue weighted by atomic mass is 35.5. The van der Waals surface area contributed by atoms with Crippen LogP contribution in [-0.4, -0.2) is 28.8 Å². The Bertz CT molecular complexity index is 935. The van der Waals surface area contributed by atoms with Gasteiger partial charge in [-0.1, -0.05) is 94.1 Å². The molecule has 5 heteroatoms. The predicted octanol–water partition coefficient (Wildman–Crippen LogP) is 6.65. The summed E-state index contributed by atoms with van der Waals surface area (Å²) >= 11 is 6.43. The molecule has 1 atom stereocenters. The van der Waals surface area contributed by atoms with Gasteiger partial charge in [0.05, 0.1) is 0 Å². The smallest absolute Gasteiger partial charge is 0.243 e. The van der Waals surface area contributed by atoms with Crippen LogP contribution >= 0.6 is 11.6 Å². The van der Waals surface area contributed by atoms with Gasteiger partial charge in [0.1, 0.15) is 6.04 Å². The number of hydrogen-bond acceptors (Lipinski definition) is 2. The number of hydrogen-bond donors (Lipinski definition) is 1. The molecule has 1 aliphatic rings. The summed E-state index contributed by atoms with van der Waals surface area (Å²) in [6.07, 6.45) is 7.16. The highest BCUT2D eigenvalue weighted by molar-refractivity contribution is 6.31. The molecular formula is C29H39ClN2O2. The first-order valence-corrected chi connectivity index (χ1v) is 13.2. The Hall–Kier alpha value is -2.33. The highest BCUT2D eigenvalue weighted by Gasteiger charge is 2.30. The molecule has 0 saturated heterocycles. The van der Waals surface area contributed by atoms with Gasteiger partial charge < -0.3 is 10.2 Å².